The number of carbonyl (C=O) groups is 1. The molecule has 0 amide bonds. The summed E-state index contributed by atoms with van der Waals surface area (Å²) in [5, 5.41) is 8.89. The van der Waals surface area contributed by atoms with Crippen molar-refractivity contribution < 1.29 is 39.5 Å². The Bertz CT molecular complexity index is 440. The molecule has 0 aromatic carbocycles. The summed E-state index contributed by atoms with van der Waals surface area (Å²) >= 11 is 0. The number of carboxylic acid groups (broad SMARTS) is 1. The van der Waals surface area contributed by atoms with Crippen molar-refractivity contribution >= 4 is 23.0 Å². The average Bonchev–Trinajstić information content (AvgIpc) is 2.52. The molecule has 0 aliphatic rings. The van der Waals surface area contributed by atoms with Gasteiger partial charge in [0, 0.05) is 5.97 Å². The van der Waals surface area contributed by atoms with Crippen LogP contribution >= 0.6 is 0 Å². The SMILES string of the molecule is CC(=O)[O-].Nc1ncnc2nc[nH]c12.[Na+]. The quantitative estimate of drug-likeness (QED) is 0.430. The third-order valence-electron chi connectivity index (χ3n) is 1.25. The number of aliphatic carboxylic acids is 1. The number of nitrogens with two attached hydrogens (primary N) is 1. The first-order valence-electron chi connectivity index (χ1n) is 3.68. The van der Waals surface area contributed by atoms with Crippen LogP contribution in [0.2, 0.25) is 0 Å². The summed E-state index contributed by atoms with van der Waals surface area (Å²) in [6.07, 6.45) is 2.92. The number of rotatable bonds is 0. The van der Waals surface area contributed by atoms with E-state index >= 15 is 0 Å². The Labute approximate surface area is 107 Å². The summed E-state index contributed by atoms with van der Waals surface area (Å²) in [5.74, 6) is -0.650. The minimum atomic E-state index is -1.08. The van der Waals surface area contributed by atoms with E-state index < -0.39 is 5.97 Å². The molecule has 0 saturated carbocycles. The predicted molar refractivity (Wildman–Crippen MR) is 46.8 cm³/mol. The molecule has 0 fully saturated rings. The van der Waals surface area contributed by atoms with Crippen molar-refractivity contribution in [1.29, 1.82) is 0 Å². The van der Waals surface area contributed by atoms with E-state index in [2.05, 4.69) is 19.9 Å². The number of carbonyl (C=O) groups excluding carboxylic acids is 1. The summed E-state index contributed by atoms with van der Waals surface area (Å²) in [5.41, 5.74) is 6.78. The van der Waals surface area contributed by atoms with E-state index in [0.717, 1.165) is 6.92 Å². The molecule has 0 bridgehead atoms. The van der Waals surface area contributed by atoms with Gasteiger partial charge in [0.1, 0.15) is 11.8 Å². The number of nitrogen functional groups attached to an aromatic ring is 1. The largest absolute Gasteiger partial charge is 1.00 e. The van der Waals surface area contributed by atoms with Gasteiger partial charge < -0.3 is 20.6 Å². The van der Waals surface area contributed by atoms with Crippen LogP contribution in [0.15, 0.2) is 12.7 Å². The van der Waals surface area contributed by atoms with Crippen molar-refractivity contribution in [3.05, 3.63) is 12.7 Å². The standard InChI is InChI=1S/C5H5N5.C2H4O2.Na/c6-4-3-5(9-1-7-3)10-2-8-4;1-2(3)4;/h1-2H,(H3,6,7,8,9,10);1H3,(H,3,4);/q;;+1/p-1. The normalized spacial score (nSPS) is 8.60. The van der Waals surface area contributed by atoms with Crippen LogP contribution in [-0.4, -0.2) is 25.9 Å². The summed E-state index contributed by atoms with van der Waals surface area (Å²) in [4.78, 5) is 23.3. The molecule has 0 aliphatic carbocycles. The van der Waals surface area contributed by atoms with Gasteiger partial charge in [-0.15, -0.1) is 0 Å². The van der Waals surface area contributed by atoms with Gasteiger partial charge >= 0.3 is 29.6 Å². The molecule has 0 atom stereocenters. The summed E-state index contributed by atoms with van der Waals surface area (Å²) in [6.45, 7) is 0.972. The average molecular weight is 217 g/mol. The van der Waals surface area contributed by atoms with E-state index in [-0.39, 0.29) is 29.6 Å². The monoisotopic (exact) mass is 217 g/mol. The van der Waals surface area contributed by atoms with Gasteiger partial charge in [0.25, 0.3) is 0 Å². The zero-order chi connectivity index (χ0) is 10.6. The van der Waals surface area contributed by atoms with Crippen LogP contribution in [0, 0.1) is 0 Å². The molecule has 74 valence electrons. The van der Waals surface area contributed by atoms with Crippen LogP contribution < -0.4 is 40.4 Å². The third kappa shape index (κ3) is 4.24. The predicted octanol–water partition coefficient (Wildman–Crippen LogP) is -4.30. The van der Waals surface area contributed by atoms with Gasteiger partial charge in [0.15, 0.2) is 11.5 Å². The first-order valence-corrected chi connectivity index (χ1v) is 3.68. The second-order valence-electron chi connectivity index (χ2n) is 2.35. The molecule has 0 radical (unpaired) electrons. The maximum atomic E-state index is 8.89. The number of nitrogens with one attached hydrogen (secondary N) is 1. The smallest absolute Gasteiger partial charge is 0.550 e. The minimum absolute atomic E-state index is 0. The molecule has 2 aromatic rings. The van der Waals surface area contributed by atoms with Crippen molar-refractivity contribution in [2.24, 2.45) is 0 Å². The number of hydrogen-bond acceptors (Lipinski definition) is 6. The van der Waals surface area contributed by atoms with E-state index in [1.807, 2.05) is 0 Å². The third-order valence-corrected chi connectivity index (χ3v) is 1.25. The molecular weight excluding hydrogens is 209 g/mol. The summed E-state index contributed by atoms with van der Waals surface area (Å²) in [6, 6.07) is 0. The van der Waals surface area contributed by atoms with Gasteiger partial charge in [-0.2, -0.15) is 0 Å². The molecule has 0 unspecified atom stereocenters. The molecule has 2 rings (SSSR count). The Morgan fingerprint density at radius 1 is 1.47 bits per heavy atom. The number of H-pyrrole nitrogens is 1. The van der Waals surface area contributed by atoms with Crippen molar-refractivity contribution in [1.82, 2.24) is 19.9 Å². The molecule has 0 saturated heterocycles. The van der Waals surface area contributed by atoms with Gasteiger partial charge in [-0.05, 0) is 6.92 Å². The Morgan fingerprint density at radius 3 is 2.60 bits per heavy atom. The zero-order valence-electron chi connectivity index (χ0n) is 8.39. The number of anilines is 1. The van der Waals surface area contributed by atoms with Gasteiger partial charge in [0.05, 0.1) is 6.33 Å². The van der Waals surface area contributed by atoms with E-state index in [0.29, 0.717) is 17.0 Å². The number of imidazole rings is 1. The number of aromatic amines is 1. The zero-order valence-corrected chi connectivity index (χ0v) is 10.4. The summed E-state index contributed by atoms with van der Waals surface area (Å²) in [7, 11) is 0. The number of hydrogen-bond donors (Lipinski definition) is 2. The van der Waals surface area contributed by atoms with Crippen LogP contribution in [-0.2, 0) is 4.79 Å². The Balaban J connectivity index is 0.000000346. The molecule has 7 nitrogen and oxygen atoms in total. The van der Waals surface area contributed by atoms with Crippen LogP contribution in [0.1, 0.15) is 6.92 Å². The van der Waals surface area contributed by atoms with Crippen molar-refractivity contribution in [2.45, 2.75) is 6.92 Å². The molecule has 8 heteroatoms. The fourth-order valence-corrected chi connectivity index (χ4v) is 0.784. The van der Waals surface area contributed by atoms with Crippen LogP contribution in [0.3, 0.4) is 0 Å². The number of aromatic nitrogens is 4. The van der Waals surface area contributed by atoms with Gasteiger partial charge in [-0.25, -0.2) is 15.0 Å². The topological polar surface area (TPSA) is 121 Å². The van der Waals surface area contributed by atoms with Crippen molar-refractivity contribution in [3.63, 3.8) is 0 Å². The van der Waals surface area contributed by atoms with E-state index in [4.69, 9.17) is 15.6 Å². The molecule has 0 spiro atoms. The second-order valence-corrected chi connectivity index (χ2v) is 2.35. The fourth-order valence-electron chi connectivity index (χ4n) is 0.784. The molecule has 0 aliphatic heterocycles. The first-order chi connectivity index (χ1) is 6.61. The van der Waals surface area contributed by atoms with Crippen LogP contribution in [0.4, 0.5) is 5.82 Å². The molecule has 2 heterocycles. The van der Waals surface area contributed by atoms with Crippen LogP contribution in [0.5, 0.6) is 0 Å². The number of fused-ring (bicyclic) bond motifs is 1. The Hall–Kier alpha value is -1.18. The van der Waals surface area contributed by atoms with Gasteiger partial charge in [-0.3, -0.25) is 0 Å². The second kappa shape index (κ2) is 6.33. The summed E-state index contributed by atoms with van der Waals surface area (Å²) < 4.78 is 0. The van der Waals surface area contributed by atoms with E-state index in [1.54, 1.807) is 0 Å². The van der Waals surface area contributed by atoms with Crippen LogP contribution in [0.25, 0.3) is 11.2 Å². The van der Waals surface area contributed by atoms with Crippen molar-refractivity contribution in [3.8, 4) is 0 Å². The first kappa shape index (κ1) is 13.8. The number of nitrogens with zero attached hydrogens (tertiary/aromatic N) is 3. The molecule has 2 aromatic heterocycles. The fraction of sp³-hybridized carbons (Fsp3) is 0.143. The maximum Gasteiger partial charge on any atom is 1.00 e. The maximum absolute atomic E-state index is 8.89. The van der Waals surface area contributed by atoms with Gasteiger partial charge in [0.2, 0.25) is 0 Å². The Morgan fingerprint density at radius 2 is 2.07 bits per heavy atom. The minimum Gasteiger partial charge on any atom is -0.550 e. The van der Waals surface area contributed by atoms with Gasteiger partial charge in [-0.1, -0.05) is 0 Å². The molecule has 15 heavy (non-hydrogen) atoms. The van der Waals surface area contributed by atoms with Crippen molar-refractivity contribution in [2.75, 3.05) is 5.73 Å². The number of carboxylic acids is 1. The molecule has 3 N–H and O–H groups in total. The van der Waals surface area contributed by atoms with E-state index in [1.165, 1.54) is 12.7 Å². The molecular formula is C7H8N5NaO2. The van der Waals surface area contributed by atoms with E-state index in [9.17, 15) is 0 Å². The Kier molecular flexibility index (Phi) is 5.83.